The monoisotopic (exact) mass is 268 g/mol. The highest BCUT2D eigenvalue weighted by Gasteiger charge is 2.27. The van der Waals surface area contributed by atoms with Crippen molar-refractivity contribution in [3.8, 4) is 0 Å². The van der Waals surface area contributed by atoms with Crippen molar-refractivity contribution in [3.63, 3.8) is 0 Å². The van der Waals surface area contributed by atoms with Crippen molar-refractivity contribution in [2.75, 3.05) is 19.0 Å². The van der Waals surface area contributed by atoms with Gasteiger partial charge >= 0.3 is 0 Å². The van der Waals surface area contributed by atoms with Crippen molar-refractivity contribution in [2.45, 2.75) is 26.2 Å². The molecule has 2 heterocycles. The van der Waals surface area contributed by atoms with E-state index in [1.165, 1.54) is 12.7 Å². The second kappa shape index (κ2) is 6.77. The molecule has 1 unspecified atom stereocenters. The van der Waals surface area contributed by atoms with Crippen LogP contribution in [0.15, 0.2) is 20.0 Å². The smallest absolute Gasteiger partial charge is 0.166 e. The third kappa shape index (κ3) is 3.24. The molecule has 0 aliphatic carbocycles. The van der Waals surface area contributed by atoms with Crippen LogP contribution in [0.4, 0.5) is 0 Å². The fraction of sp³-hybridized carbons (Fsp3) is 0.636. The highest BCUT2D eigenvalue weighted by atomic mass is 32.2. The zero-order valence-corrected chi connectivity index (χ0v) is 11.3. The molecular formula is C11H16N4O2S. The number of fused-ring (bicyclic) bond motifs is 1. The van der Waals surface area contributed by atoms with Crippen LogP contribution >= 0.6 is 11.8 Å². The van der Waals surface area contributed by atoms with Crippen LogP contribution in [0.1, 0.15) is 13.8 Å². The predicted octanol–water partition coefficient (Wildman–Crippen LogP) is 1.37. The second-order valence-electron chi connectivity index (χ2n) is 3.52. The van der Waals surface area contributed by atoms with Crippen LogP contribution in [0.5, 0.6) is 0 Å². The Labute approximate surface area is 110 Å². The van der Waals surface area contributed by atoms with Gasteiger partial charge in [-0.1, -0.05) is 0 Å². The number of ether oxygens (including phenoxy) is 2. The SMILES string of the molecule is CCOC(CSC1=NC=NC2=NC=NC21)OCC. The first kappa shape index (κ1) is 13.4. The maximum atomic E-state index is 5.48. The van der Waals surface area contributed by atoms with Gasteiger partial charge in [0.15, 0.2) is 18.2 Å². The van der Waals surface area contributed by atoms with Gasteiger partial charge in [0.1, 0.15) is 17.7 Å². The number of aliphatic imine (C=N–C) groups is 4. The lowest BCUT2D eigenvalue weighted by Crippen LogP contribution is -2.28. The standard InChI is InChI=1S/C11H16N4O2S/c1-3-16-8(17-4-2)5-18-11-9-10(13-6-12-9)14-7-15-11/h6-9H,3-5H2,1-2H3. The van der Waals surface area contributed by atoms with Crippen molar-refractivity contribution >= 4 is 35.3 Å². The topological polar surface area (TPSA) is 67.9 Å². The molecular weight excluding hydrogens is 252 g/mol. The fourth-order valence-corrected chi connectivity index (χ4v) is 2.52. The van der Waals surface area contributed by atoms with E-state index in [4.69, 9.17) is 9.47 Å². The molecule has 0 spiro atoms. The van der Waals surface area contributed by atoms with Gasteiger partial charge in [0.05, 0.1) is 5.75 Å². The molecule has 0 saturated carbocycles. The van der Waals surface area contributed by atoms with Gasteiger partial charge in [-0.15, -0.1) is 11.8 Å². The van der Waals surface area contributed by atoms with E-state index in [0.717, 1.165) is 5.04 Å². The molecule has 6 nitrogen and oxygen atoms in total. The van der Waals surface area contributed by atoms with Crippen LogP contribution < -0.4 is 0 Å². The Hall–Kier alpha value is -1.05. The van der Waals surface area contributed by atoms with Gasteiger partial charge in [-0.3, -0.25) is 4.99 Å². The van der Waals surface area contributed by atoms with E-state index < -0.39 is 0 Å². The molecule has 1 atom stereocenters. The summed E-state index contributed by atoms with van der Waals surface area (Å²) in [6.07, 6.45) is 2.83. The molecule has 0 N–H and O–H groups in total. The van der Waals surface area contributed by atoms with Crippen molar-refractivity contribution in [2.24, 2.45) is 20.0 Å². The molecule has 98 valence electrons. The summed E-state index contributed by atoms with van der Waals surface area (Å²) in [7, 11) is 0. The summed E-state index contributed by atoms with van der Waals surface area (Å²) < 4.78 is 11.0. The Balaban J connectivity index is 1.89. The minimum absolute atomic E-state index is 0.135. The van der Waals surface area contributed by atoms with Gasteiger partial charge in [-0.25, -0.2) is 15.0 Å². The van der Waals surface area contributed by atoms with E-state index in [-0.39, 0.29) is 12.3 Å². The van der Waals surface area contributed by atoms with Crippen LogP contribution in [0.2, 0.25) is 0 Å². The number of thioether (sulfide) groups is 1. The van der Waals surface area contributed by atoms with Crippen LogP contribution in [0.3, 0.4) is 0 Å². The zero-order valence-electron chi connectivity index (χ0n) is 10.4. The largest absolute Gasteiger partial charge is 0.352 e. The van der Waals surface area contributed by atoms with E-state index in [9.17, 15) is 0 Å². The summed E-state index contributed by atoms with van der Waals surface area (Å²) in [6, 6.07) is -0.135. The summed E-state index contributed by atoms with van der Waals surface area (Å²) in [5, 5.41) is 0.891. The lowest BCUT2D eigenvalue weighted by molar-refractivity contribution is -0.119. The minimum Gasteiger partial charge on any atom is -0.352 e. The van der Waals surface area contributed by atoms with Gasteiger partial charge in [0.25, 0.3) is 0 Å². The molecule has 0 amide bonds. The normalized spacial score (nSPS) is 21.2. The first-order valence-corrected chi connectivity index (χ1v) is 6.89. The maximum absolute atomic E-state index is 5.48. The van der Waals surface area contributed by atoms with E-state index in [2.05, 4.69) is 20.0 Å². The minimum atomic E-state index is -0.211. The summed E-state index contributed by atoms with van der Waals surface area (Å²) >= 11 is 1.58. The molecule has 2 rings (SSSR count). The second-order valence-corrected chi connectivity index (χ2v) is 4.56. The molecule has 0 fully saturated rings. The molecule has 18 heavy (non-hydrogen) atoms. The highest BCUT2D eigenvalue weighted by Crippen LogP contribution is 2.19. The summed E-state index contributed by atoms with van der Waals surface area (Å²) in [5.41, 5.74) is 0. The molecule has 0 saturated heterocycles. The first-order chi connectivity index (χ1) is 8.85. The lowest BCUT2D eigenvalue weighted by atomic mass is 10.3. The Bertz CT molecular complexity index is 400. The van der Waals surface area contributed by atoms with E-state index in [1.54, 1.807) is 11.8 Å². The summed E-state index contributed by atoms with van der Waals surface area (Å²) in [6.45, 7) is 5.17. The van der Waals surface area contributed by atoms with Gasteiger partial charge in [0, 0.05) is 13.2 Å². The highest BCUT2D eigenvalue weighted by molar-refractivity contribution is 8.14. The van der Waals surface area contributed by atoms with Crippen LogP contribution in [0.25, 0.3) is 0 Å². The van der Waals surface area contributed by atoms with Crippen LogP contribution in [-0.4, -0.2) is 54.9 Å². The maximum Gasteiger partial charge on any atom is 0.166 e. The van der Waals surface area contributed by atoms with E-state index in [0.29, 0.717) is 24.8 Å². The fourth-order valence-electron chi connectivity index (χ4n) is 1.58. The molecule has 0 bridgehead atoms. The van der Waals surface area contributed by atoms with Crippen molar-refractivity contribution in [1.29, 1.82) is 0 Å². The molecule has 0 aromatic carbocycles. The molecule has 0 radical (unpaired) electrons. The number of amidine groups is 1. The van der Waals surface area contributed by atoms with Gasteiger partial charge in [-0.05, 0) is 13.8 Å². The molecule has 7 heteroatoms. The van der Waals surface area contributed by atoms with Gasteiger partial charge in [0.2, 0.25) is 0 Å². The van der Waals surface area contributed by atoms with Crippen molar-refractivity contribution in [3.05, 3.63) is 0 Å². The third-order valence-electron chi connectivity index (χ3n) is 2.33. The number of rotatable bonds is 6. The van der Waals surface area contributed by atoms with E-state index in [1.807, 2.05) is 13.8 Å². The number of hydrogen-bond donors (Lipinski definition) is 0. The number of hydrogen-bond acceptors (Lipinski definition) is 7. The lowest BCUT2D eigenvalue weighted by Gasteiger charge is -2.18. The Morgan fingerprint density at radius 3 is 2.72 bits per heavy atom. The average molecular weight is 268 g/mol. The summed E-state index contributed by atoms with van der Waals surface area (Å²) in [5.74, 6) is 1.39. The van der Waals surface area contributed by atoms with Crippen molar-refractivity contribution in [1.82, 2.24) is 0 Å². The third-order valence-corrected chi connectivity index (χ3v) is 3.39. The van der Waals surface area contributed by atoms with Gasteiger partial charge < -0.3 is 9.47 Å². The Morgan fingerprint density at radius 2 is 2.00 bits per heavy atom. The Kier molecular flexibility index (Phi) is 5.03. The average Bonchev–Trinajstić information content (AvgIpc) is 2.85. The quantitative estimate of drug-likeness (QED) is 0.683. The van der Waals surface area contributed by atoms with Crippen LogP contribution in [-0.2, 0) is 9.47 Å². The molecule has 0 aromatic rings. The van der Waals surface area contributed by atoms with Crippen molar-refractivity contribution < 1.29 is 9.47 Å². The van der Waals surface area contributed by atoms with Gasteiger partial charge in [-0.2, -0.15) is 0 Å². The molecule has 2 aliphatic rings. The zero-order chi connectivity index (χ0) is 12.8. The first-order valence-electron chi connectivity index (χ1n) is 5.90. The molecule has 0 aromatic heterocycles. The van der Waals surface area contributed by atoms with Crippen LogP contribution in [0, 0.1) is 0 Å². The Morgan fingerprint density at radius 1 is 1.22 bits per heavy atom. The predicted molar refractivity (Wildman–Crippen MR) is 75.1 cm³/mol. The summed E-state index contributed by atoms with van der Waals surface area (Å²) in [4.78, 5) is 16.6. The number of nitrogens with zero attached hydrogens (tertiary/aromatic N) is 4. The molecule has 2 aliphatic heterocycles. The van der Waals surface area contributed by atoms with E-state index >= 15 is 0 Å².